The molecule has 2 fully saturated rings. The van der Waals surface area contributed by atoms with Crippen molar-refractivity contribution in [2.75, 3.05) is 0 Å². The molecule has 0 spiro atoms. The minimum atomic E-state index is 0.765. The van der Waals surface area contributed by atoms with Gasteiger partial charge in [-0.1, -0.05) is 12.1 Å². The van der Waals surface area contributed by atoms with E-state index in [1.54, 1.807) is 5.92 Å². The number of nitrogens with zero attached hydrogens (tertiary/aromatic N) is 1. The third-order valence-electron chi connectivity index (χ3n) is 4.34. The van der Waals surface area contributed by atoms with Crippen molar-refractivity contribution in [3.63, 3.8) is 0 Å². The van der Waals surface area contributed by atoms with E-state index < -0.39 is 0 Å². The van der Waals surface area contributed by atoms with Crippen LogP contribution < -0.4 is 0 Å². The van der Waals surface area contributed by atoms with Crippen LogP contribution in [-0.4, -0.2) is 0 Å². The SMILES string of the molecule is N#Cc1ccc([C]2CCC(C3CC3)CC2)cc1. The molecule has 2 aliphatic carbocycles. The van der Waals surface area contributed by atoms with Gasteiger partial charge in [-0.2, -0.15) is 5.26 Å². The van der Waals surface area contributed by atoms with E-state index in [9.17, 15) is 0 Å². The second-order valence-corrected chi connectivity index (χ2v) is 5.47. The van der Waals surface area contributed by atoms with Crippen LogP contribution in [0.2, 0.25) is 0 Å². The molecule has 1 nitrogen and oxygen atoms in total. The van der Waals surface area contributed by atoms with E-state index in [1.165, 1.54) is 44.1 Å². The molecule has 0 bridgehead atoms. The molecule has 1 aromatic carbocycles. The van der Waals surface area contributed by atoms with E-state index >= 15 is 0 Å². The van der Waals surface area contributed by atoms with Gasteiger partial charge in [0.2, 0.25) is 0 Å². The molecule has 0 aromatic heterocycles. The summed E-state index contributed by atoms with van der Waals surface area (Å²) >= 11 is 0. The summed E-state index contributed by atoms with van der Waals surface area (Å²) in [4.78, 5) is 0. The van der Waals surface area contributed by atoms with Crippen LogP contribution in [-0.2, 0) is 0 Å². The van der Waals surface area contributed by atoms with Gasteiger partial charge in [0.05, 0.1) is 11.6 Å². The lowest BCUT2D eigenvalue weighted by Gasteiger charge is -2.28. The van der Waals surface area contributed by atoms with Crippen molar-refractivity contribution in [2.24, 2.45) is 11.8 Å². The molecule has 0 N–H and O–H groups in total. The molecule has 1 radical (unpaired) electrons. The Morgan fingerprint density at radius 2 is 1.47 bits per heavy atom. The average molecular weight is 224 g/mol. The number of hydrogen-bond acceptors (Lipinski definition) is 1. The van der Waals surface area contributed by atoms with Crippen LogP contribution in [0, 0.1) is 29.1 Å². The average Bonchev–Trinajstić information content (AvgIpc) is 3.24. The summed E-state index contributed by atoms with van der Waals surface area (Å²) in [5, 5.41) is 8.78. The fourth-order valence-corrected chi connectivity index (χ4v) is 3.10. The first-order valence-electron chi connectivity index (χ1n) is 6.72. The van der Waals surface area contributed by atoms with Crippen molar-refractivity contribution in [1.29, 1.82) is 5.26 Å². The van der Waals surface area contributed by atoms with E-state index in [0.717, 1.165) is 17.4 Å². The maximum absolute atomic E-state index is 8.78. The van der Waals surface area contributed by atoms with Crippen LogP contribution in [0.25, 0.3) is 0 Å². The number of rotatable bonds is 2. The van der Waals surface area contributed by atoms with E-state index in [0.29, 0.717) is 0 Å². The van der Waals surface area contributed by atoms with Crippen LogP contribution in [0.15, 0.2) is 24.3 Å². The minimum absolute atomic E-state index is 0.765. The topological polar surface area (TPSA) is 23.8 Å². The molecule has 0 heterocycles. The summed E-state index contributed by atoms with van der Waals surface area (Å²) in [6.45, 7) is 0. The van der Waals surface area contributed by atoms with Gasteiger partial charge < -0.3 is 0 Å². The monoisotopic (exact) mass is 224 g/mol. The lowest BCUT2D eigenvalue weighted by atomic mass is 9.77. The summed E-state index contributed by atoms with van der Waals surface area (Å²) in [6.07, 6.45) is 8.29. The molecular weight excluding hydrogens is 206 g/mol. The highest BCUT2D eigenvalue weighted by Crippen LogP contribution is 2.46. The normalized spacial score (nSPS) is 22.3. The Kier molecular flexibility index (Phi) is 2.89. The van der Waals surface area contributed by atoms with Crippen LogP contribution in [0.4, 0.5) is 0 Å². The van der Waals surface area contributed by atoms with Crippen LogP contribution >= 0.6 is 0 Å². The van der Waals surface area contributed by atoms with Gasteiger partial charge >= 0.3 is 0 Å². The summed E-state index contributed by atoms with van der Waals surface area (Å²) in [6, 6.07) is 10.3. The fourth-order valence-electron chi connectivity index (χ4n) is 3.10. The second kappa shape index (κ2) is 4.53. The van der Waals surface area contributed by atoms with Crippen LogP contribution in [0.5, 0.6) is 0 Å². The summed E-state index contributed by atoms with van der Waals surface area (Å²) < 4.78 is 0. The lowest BCUT2D eigenvalue weighted by molar-refractivity contribution is 0.346. The molecule has 1 heteroatoms. The highest BCUT2D eigenvalue weighted by Gasteiger charge is 2.34. The van der Waals surface area contributed by atoms with Crippen molar-refractivity contribution in [3.05, 3.63) is 41.3 Å². The Hall–Kier alpha value is -1.29. The Labute approximate surface area is 103 Å². The van der Waals surface area contributed by atoms with E-state index in [-0.39, 0.29) is 0 Å². The van der Waals surface area contributed by atoms with Gasteiger partial charge in [0.25, 0.3) is 0 Å². The molecule has 2 aliphatic rings. The smallest absolute Gasteiger partial charge is 0.0991 e. The van der Waals surface area contributed by atoms with Crippen LogP contribution in [0.1, 0.15) is 49.7 Å². The zero-order valence-corrected chi connectivity index (χ0v) is 10.2. The standard InChI is InChI=1S/C16H18N/c17-11-12-1-3-13(4-2-12)14-5-7-15(8-6-14)16-9-10-16/h1-4,15-16H,5-10H2. The number of benzene rings is 1. The maximum atomic E-state index is 8.78. The second-order valence-electron chi connectivity index (χ2n) is 5.47. The molecule has 0 aliphatic heterocycles. The predicted molar refractivity (Wildman–Crippen MR) is 68.2 cm³/mol. The minimum Gasteiger partial charge on any atom is -0.192 e. The van der Waals surface area contributed by atoms with Crippen molar-refractivity contribution in [2.45, 2.75) is 38.5 Å². The Morgan fingerprint density at radius 1 is 0.882 bits per heavy atom. The number of hydrogen-bond donors (Lipinski definition) is 0. The third kappa shape index (κ3) is 2.36. The van der Waals surface area contributed by atoms with Crippen molar-refractivity contribution in [1.82, 2.24) is 0 Å². The van der Waals surface area contributed by atoms with Gasteiger partial charge in [0.1, 0.15) is 0 Å². The molecule has 1 aromatic rings. The molecule has 0 amide bonds. The van der Waals surface area contributed by atoms with Crippen LogP contribution in [0.3, 0.4) is 0 Å². The molecular formula is C16H18N. The molecule has 3 rings (SSSR count). The molecule has 0 saturated heterocycles. The van der Waals surface area contributed by atoms with Gasteiger partial charge in [-0.05, 0) is 68.1 Å². The quantitative estimate of drug-likeness (QED) is 0.742. The molecule has 17 heavy (non-hydrogen) atoms. The first kappa shape index (κ1) is 10.8. The largest absolute Gasteiger partial charge is 0.192 e. The van der Waals surface area contributed by atoms with E-state index in [2.05, 4.69) is 18.2 Å². The van der Waals surface area contributed by atoms with Gasteiger partial charge in [-0.25, -0.2) is 0 Å². The highest BCUT2D eigenvalue weighted by atomic mass is 14.4. The molecule has 0 unspecified atom stereocenters. The van der Waals surface area contributed by atoms with Gasteiger partial charge in [-0.3, -0.25) is 0 Å². The Morgan fingerprint density at radius 3 is 2.00 bits per heavy atom. The van der Waals surface area contributed by atoms with Crippen molar-refractivity contribution >= 4 is 0 Å². The van der Waals surface area contributed by atoms with E-state index in [1.807, 2.05) is 12.1 Å². The van der Waals surface area contributed by atoms with Gasteiger partial charge in [0.15, 0.2) is 0 Å². The Bertz CT molecular complexity index is 414. The third-order valence-corrected chi connectivity index (χ3v) is 4.34. The lowest BCUT2D eigenvalue weighted by Crippen LogP contribution is -2.15. The summed E-state index contributed by atoms with van der Waals surface area (Å²) in [5.41, 5.74) is 2.12. The first-order valence-corrected chi connectivity index (χ1v) is 6.72. The van der Waals surface area contributed by atoms with Gasteiger partial charge in [0, 0.05) is 5.92 Å². The Balaban J connectivity index is 1.63. The van der Waals surface area contributed by atoms with E-state index in [4.69, 9.17) is 5.26 Å². The summed E-state index contributed by atoms with van der Waals surface area (Å²) in [5.74, 6) is 3.68. The molecule has 87 valence electrons. The van der Waals surface area contributed by atoms with Crippen molar-refractivity contribution in [3.8, 4) is 6.07 Å². The highest BCUT2D eigenvalue weighted by molar-refractivity contribution is 5.38. The zero-order valence-electron chi connectivity index (χ0n) is 10.2. The first-order chi connectivity index (χ1) is 8.36. The summed E-state index contributed by atoms with van der Waals surface area (Å²) in [7, 11) is 0. The van der Waals surface area contributed by atoms with Crippen molar-refractivity contribution < 1.29 is 0 Å². The predicted octanol–water partition coefficient (Wildman–Crippen LogP) is 4.08. The maximum Gasteiger partial charge on any atom is 0.0991 e. The molecule has 0 atom stereocenters. The molecule has 2 saturated carbocycles. The van der Waals surface area contributed by atoms with Gasteiger partial charge in [-0.15, -0.1) is 0 Å². The zero-order chi connectivity index (χ0) is 11.7. The fraction of sp³-hybridized carbons (Fsp3) is 0.500. The number of nitriles is 1.